The van der Waals surface area contributed by atoms with Crippen molar-refractivity contribution in [3.05, 3.63) is 54.4 Å². The predicted octanol–water partition coefficient (Wildman–Crippen LogP) is 1.21. The summed E-state index contributed by atoms with van der Waals surface area (Å²) in [5.74, 6) is -1.23. The second-order valence-electron chi connectivity index (χ2n) is 4.79. The second-order valence-corrected chi connectivity index (χ2v) is 4.79. The number of carbonyl (C=O) groups is 1. The molecule has 1 aromatic heterocycles. The van der Waals surface area contributed by atoms with E-state index in [9.17, 15) is 31.1 Å². The van der Waals surface area contributed by atoms with Crippen LogP contribution < -0.4 is 22.5 Å². The second kappa shape index (κ2) is 8.26. The number of alkyl halides is 6. The molecule has 2 aromatic rings. The van der Waals surface area contributed by atoms with Crippen molar-refractivity contribution in [2.45, 2.75) is 18.5 Å². The van der Waals surface area contributed by atoms with E-state index < -0.39 is 30.1 Å². The van der Waals surface area contributed by atoms with Crippen LogP contribution in [0, 0.1) is 0 Å². The first-order valence-corrected chi connectivity index (χ1v) is 6.68. The highest BCUT2D eigenvalue weighted by Gasteiger charge is 2.59. The molecule has 0 aliphatic rings. The molecule has 1 atom stereocenters. The number of hydrogen-bond acceptors (Lipinski definition) is 3. The molecule has 142 valence electrons. The molecule has 1 amide bonds. The van der Waals surface area contributed by atoms with Crippen molar-refractivity contribution in [1.29, 1.82) is 0 Å². The maximum atomic E-state index is 13.1. The molecule has 0 aliphatic heterocycles. The Morgan fingerprint density at radius 3 is 2.19 bits per heavy atom. The SMILES string of the molecule is O=C(Nc1ccc(OC(F)(F)C(F)C(F)(F)F)cc1)c1cccnc1.[Cl-]. The van der Waals surface area contributed by atoms with E-state index in [0.29, 0.717) is 0 Å². The molecule has 4 nitrogen and oxygen atoms in total. The maximum Gasteiger partial charge on any atom is 0.439 e. The molecule has 0 saturated heterocycles. The highest BCUT2D eigenvalue weighted by molar-refractivity contribution is 6.04. The van der Waals surface area contributed by atoms with Crippen molar-refractivity contribution in [1.82, 2.24) is 4.98 Å². The van der Waals surface area contributed by atoms with Crippen molar-refractivity contribution in [2.75, 3.05) is 5.32 Å². The molecule has 26 heavy (non-hydrogen) atoms. The van der Waals surface area contributed by atoms with Crippen LogP contribution in [0.3, 0.4) is 0 Å². The van der Waals surface area contributed by atoms with E-state index in [0.717, 1.165) is 24.3 Å². The number of halogens is 7. The number of nitrogens with one attached hydrogen (secondary N) is 1. The Bertz CT molecular complexity index is 725. The molecule has 11 heteroatoms. The number of pyridine rings is 1. The standard InChI is InChI=1S/C15H10F6N2O2.ClH/c16-13(14(17,18)19)15(20,21)25-11-5-3-10(4-6-11)23-12(24)9-2-1-7-22-8-9;/h1-8,13H,(H,23,24);1H/p-1. The molecule has 0 saturated carbocycles. The molecule has 2 rings (SSSR count). The zero-order chi connectivity index (χ0) is 18.7. The highest BCUT2D eigenvalue weighted by Crippen LogP contribution is 2.36. The van der Waals surface area contributed by atoms with Crippen LogP contribution in [0.25, 0.3) is 0 Å². The Labute approximate surface area is 149 Å². The van der Waals surface area contributed by atoms with Gasteiger partial charge in [-0.15, -0.1) is 0 Å². The summed E-state index contributed by atoms with van der Waals surface area (Å²) >= 11 is 0. The van der Waals surface area contributed by atoms with E-state index in [-0.39, 0.29) is 23.7 Å². The number of amides is 1. The Kier molecular flexibility index (Phi) is 6.85. The third kappa shape index (κ3) is 5.51. The van der Waals surface area contributed by atoms with Gasteiger partial charge >= 0.3 is 12.3 Å². The molecule has 0 fully saturated rings. The zero-order valence-electron chi connectivity index (χ0n) is 12.6. The number of nitrogens with zero attached hydrogens (tertiary/aromatic N) is 1. The average molecular weight is 400 g/mol. The summed E-state index contributed by atoms with van der Waals surface area (Å²) in [5, 5.41) is 2.42. The van der Waals surface area contributed by atoms with Gasteiger partial charge in [-0.25, -0.2) is 4.39 Å². The average Bonchev–Trinajstić information content (AvgIpc) is 2.55. The fourth-order valence-corrected chi connectivity index (χ4v) is 1.71. The van der Waals surface area contributed by atoms with Crippen molar-refractivity contribution in [3.63, 3.8) is 0 Å². The lowest BCUT2D eigenvalue weighted by atomic mass is 10.2. The zero-order valence-corrected chi connectivity index (χ0v) is 13.4. The summed E-state index contributed by atoms with van der Waals surface area (Å²) in [6.45, 7) is 0. The van der Waals surface area contributed by atoms with Crippen molar-refractivity contribution in [3.8, 4) is 5.75 Å². The number of carbonyl (C=O) groups excluding carboxylic acids is 1. The van der Waals surface area contributed by atoms with Gasteiger partial charge in [-0.3, -0.25) is 9.78 Å². The maximum absolute atomic E-state index is 13.1. The molecule has 1 unspecified atom stereocenters. The van der Waals surface area contributed by atoms with Gasteiger partial charge in [-0.2, -0.15) is 22.0 Å². The van der Waals surface area contributed by atoms with Crippen LogP contribution in [0.4, 0.5) is 32.0 Å². The minimum Gasteiger partial charge on any atom is -1.00 e. The minimum atomic E-state index is -5.76. The summed E-state index contributed by atoms with van der Waals surface area (Å²) in [6, 6.07) is 6.98. The quantitative estimate of drug-likeness (QED) is 0.769. The van der Waals surface area contributed by atoms with E-state index in [1.807, 2.05) is 0 Å². The van der Waals surface area contributed by atoms with E-state index in [1.165, 1.54) is 24.5 Å². The van der Waals surface area contributed by atoms with Crippen LogP contribution >= 0.6 is 0 Å². The van der Waals surface area contributed by atoms with Crippen molar-refractivity contribution >= 4 is 11.6 Å². The van der Waals surface area contributed by atoms with E-state index in [1.54, 1.807) is 0 Å². The Hall–Kier alpha value is -2.49. The number of rotatable bonds is 5. The van der Waals surface area contributed by atoms with E-state index >= 15 is 0 Å². The number of aromatic nitrogens is 1. The Balaban J connectivity index is 0.00000338. The molecular formula is C15H10ClF6N2O2-. The molecule has 1 aromatic carbocycles. The van der Waals surface area contributed by atoms with E-state index in [2.05, 4.69) is 15.0 Å². The topological polar surface area (TPSA) is 51.2 Å². The smallest absolute Gasteiger partial charge is 0.439 e. The van der Waals surface area contributed by atoms with Crippen molar-refractivity contribution < 1.29 is 48.3 Å². The van der Waals surface area contributed by atoms with Gasteiger partial charge in [-0.05, 0) is 36.4 Å². The van der Waals surface area contributed by atoms with Crippen molar-refractivity contribution in [2.24, 2.45) is 0 Å². The summed E-state index contributed by atoms with van der Waals surface area (Å²) in [5.41, 5.74) is 0.400. The molecule has 0 aliphatic carbocycles. The molecular weight excluding hydrogens is 390 g/mol. The monoisotopic (exact) mass is 399 g/mol. The van der Waals surface area contributed by atoms with Crippen LogP contribution in [-0.2, 0) is 0 Å². The third-order valence-electron chi connectivity index (χ3n) is 2.87. The first-order chi connectivity index (χ1) is 11.6. The molecule has 0 spiro atoms. The predicted molar refractivity (Wildman–Crippen MR) is 75.2 cm³/mol. The highest BCUT2D eigenvalue weighted by atomic mass is 35.5. The van der Waals surface area contributed by atoms with E-state index in [4.69, 9.17) is 0 Å². The fraction of sp³-hybridized carbons (Fsp3) is 0.200. The molecule has 1 N–H and O–H groups in total. The van der Waals surface area contributed by atoms with Gasteiger partial charge in [0, 0.05) is 18.1 Å². The number of benzene rings is 1. The lowest BCUT2D eigenvalue weighted by Gasteiger charge is -2.23. The Morgan fingerprint density at radius 2 is 1.69 bits per heavy atom. The lowest BCUT2D eigenvalue weighted by Crippen LogP contribution is -3.00. The third-order valence-corrected chi connectivity index (χ3v) is 2.87. The van der Waals surface area contributed by atoms with Gasteiger partial charge in [0.1, 0.15) is 5.75 Å². The summed E-state index contributed by atoms with van der Waals surface area (Å²) in [7, 11) is 0. The number of anilines is 1. The van der Waals surface area contributed by atoms with Gasteiger partial charge in [0.05, 0.1) is 5.56 Å². The molecule has 0 bridgehead atoms. The number of hydrogen-bond donors (Lipinski definition) is 1. The van der Waals surface area contributed by atoms with Gasteiger partial charge in [0.2, 0.25) is 0 Å². The van der Waals surface area contributed by atoms with Gasteiger partial charge in [0.25, 0.3) is 12.1 Å². The van der Waals surface area contributed by atoms with Gasteiger partial charge < -0.3 is 22.5 Å². The van der Waals surface area contributed by atoms with Crippen LogP contribution in [0.2, 0.25) is 0 Å². The molecule has 1 heterocycles. The van der Waals surface area contributed by atoms with Gasteiger partial charge in [0.15, 0.2) is 0 Å². The Morgan fingerprint density at radius 1 is 1.08 bits per heavy atom. The van der Waals surface area contributed by atoms with Crippen LogP contribution in [-0.4, -0.2) is 29.3 Å². The van der Waals surface area contributed by atoms with Crippen LogP contribution in [0.1, 0.15) is 10.4 Å². The summed E-state index contributed by atoms with van der Waals surface area (Å²) in [4.78, 5) is 15.6. The van der Waals surface area contributed by atoms with Gasteiger partial charge in [-0.1, -0.05) is 0 Å². The first-order valence-electron chi connectivity index (χ1n) is 6.68. The lowest BCUT2D eigenvalue weighted by molar-refractivity contribution is -0.304. The van der Waals surface area contributed by atoms with Crippen LogP contribution in [0.5, 0.6) is 5.75 Å². The molecule has 0 radical (unpaired) electrons. The normalized spacial score (nSPS) is 12.7. The van der Waals surface area contributed by atoms with Crippen LogP contribution in [0.15, 0.2) is 48.8 Å². The largest absolute Gasteiger partial charge is 1.00 e. The summed E-state index contributed by atoms with van der Waals surface area (Å²) < 4.78 is 78.9. The first kappa shape index (κ1) is 21.6. The number of ether oxygens (including phenoxy) is 1. The summed E-state index contributed by atoms with van der Waals surface area (Å²) in [6.07, 6.45) is -12.6. The fourth-order valence-electron chi connectivity index (χ4n) is 1.71. The minimum absolute atomic E-state index is 0.